The summed E-state index contributed by atoms with van der Waals surface area (Å²) < 4.78 is 0. The fourth-order valence-corrected chi connectivity index (χ4v) is 2.45. The van der Waals surface area contributed by atoms with E-state index in [4.69, 9.17) is 28.9 Å². The summed E-state index contributed by atoms with van der Waals surface area (Å²) in [6, 6.07) is 13.6. The molecular weight excluding hydrogens is 265 g/mol. The van der Waals surface area contributed by atoms with Gasteiger partial charge in [0.15, 0.2) is 0 Å². The topological polar surface area (TPSA) is 26.0 Å². The molecule has 0 aromatic heterocycles. The highest BCUT2D eigenvalue weighted by molar-refractivity contribution is 6.31. The lowest BCUT2D eigenvalue weighted by Gasteiger charge is -2.15. The normalized spacial score (nSPS) is 12.4. The molecular formula is C15H15Cl2N. The predicted octanol–water partition coefficient (Wildman–Crippen LogP) is 4.54. The van der Waals surface area contributed by atoms with E-state index in [1.54, 1.807) is 0 Å². The van der Waals surface area contributed by atoms with Crippen molar-refractivity contribution < 1.29 is 0 Å². The number of hydrogen-bond donors (Lipinski definition) is 1. The summed E-state index contributed by atoms with van der Waals surface area (Å²) in [5, 5.41) is 1.50. The molecule has 0 saturated carbocycles. The van der Waals surface area contributed by atoms with Gasteiger partial charge in [-0.15, -0.1) is 0 Å². The third-order valence-corrected chi connectivity index (χ3v) is 3.70. The van der Waals surface area contributed by atoms with Gasteiger partial charge in [-0.3, -0.25) is 0 Å². The first kappa shape index (κ1) is 13.4. The minimum Gasteiger partial charge on any atom is -0.324 e. The summed E-state index contributed by atoms with van der Waals surface area (Å²) in [5.41, 5.74) is 9.51. The molecule has 2 rings (SSSR count). The molecule has 3 heteroatoms. The van der Waals surface area contributed by atoms with Gasteiger partial charge >= 0.3 is 0 Å². The maximum atomic E-state index is 6.25. The van der Waals surface area contributed by atoms with Crippen molar-refractivity contribution in [3.63, 3.8) is 0 Å². The Morgan fingerprint density at radius 2 is 1.83 bits per heavy atom. The van der Waals surface area contributed by atoms with Crippen LogP contribution in [-0.2, 0) is 6.42 Å². The highest BCUT2D eigenvalue weighted by atomic mass is 35.5. The van der Waals surface area contributed by atoms with Gasteiger partial charge in [0, 0.05) is 16.1 Å². The van der Waals surface area contributed by atoms with Crippen molar-refractivity contribution in [2.24, 2.45) is 5.73 Å². The van der Waals surface area contributed by atoms with Crippen molar-refractivity contribution in [1.29, 1.82) is 0 Å². The highest BCUT2D eigenvalue weighted by Gasteiger charge is 2.11. The monoisotopic (exact) mass is 279 g/mol. The fourth-order valence-electron chi connectivity index (χ4n) is 2.05. The van der Waals surface area contributed by atoms with Gasteiger partial charge < -0.3 is 5.73 Å². The van der Waals surface area contributed by atoms with Crippen LogP contribution in [0.15, 0.2) is 42.5 Å². The zero-order valence-electron chi connectivity index (χ0n) is 10.2. The molecule has 2 N–H and O–H groups in total. The summed E-state index contributed by atoms with van der Waals surface area (Å²) >= 11 is 12.1. The molecule has 1 unspecified atom stereocenters. The lowest BCUT2D eigenvalue weighted by Crippen LogP contribution is -2.14. The number of rotatable bonds is 3. The van der Waals surface area contributed by atoms with Crippen molar-refractivity contribution in [3.05, 3.63) is 69.2 Å². The molecule has 18 heavy (non-hydrogen) atoms. The second kappa shape index (κ2) is 5.75. The SMILES string of the molecule is Cc1c(Cl)cccc1C(N)Cc1cccc(Cl)c1. The van der Waals surface area contributed by atoms with E-state index < -0.39 is 0 Å². The average Bonchev–Trinajstić information content (AvgIpc) is 2.32. The second-order valence-electron chi connectivity index (χ2n) is 4.39. The number of nitrogens with two attached hydrogens (primary N) is 1. The first-order valence-electron chi connectivity index (χ1n) is 5.83. The van der Waals surface area contributed by atoms with Crippen molar-refractivity contribution in [1.82, 2.24) is 0 Å². The first-order valence-corrected chi connectivity index (χ1v) is 6.58. The van der Waals surface area contributed by atoms with E-state index in [2.05, 4.69) is 0 Å². The van der Waals surface area contributed by atoms with Gasteiger partial charge in [0.25, 0.3) is 0 Å². The largest absolute Gasteiger partial charge is 0.324 e. The van der Waals surface area contributed by atoms with E-state index in [-0.39, 0.29) is 6.04 Å². The van der Waals surface area contributed by atoms with Crippen LogP contribution < -0.4 is 5.73 Å². The number of benzene rings is 2. The van der Waals surface area contributed by atoms with E-state index in [9.17, 15) is 0 Å². The van der Waals surface area contributed by atoms with Gasteiger partial charge in [-0.1, -0.05) is 47.5 Å². The van der Waals surface area contributed by atoms with Gasteiger partial charge in [-0.05, 0) is 48.2 Å². The van der Waals surface area contributed by atoms with E-state index in [0.717, 1.165) is 33.2 Å². The van der Waals surface area contributed by atoms with Crippen molar-refractivity contribution >= 4 is 23.2 Å². The van der Waals surface area contributed by atoms with Gasteiger partial charge in [0.05, 0.1) is 0 Å². The molecule has 0 bridgehead atoms. The van der Waals surface area contributed by atoms with Gasteiger partial charge in [-0.2, -0.15) is 0 Å². The Kier molecular flexibility index (Phi) is 4.28. The van der Waals surface area contributed by atoms with Crippen molar-refractivity contribution in [2.45, 2.75) is 19.4 Å². The smallest absolute Gasteiger partial charge is 0.0438 e. The molecule has 1 atom stereocenters. The Balaban J connectivity index is 2.22. The Bertz CT molecular complexity index is 552. The molecule has 0 aliphatic heterocycles. The standard InChI is InChI=1S/C15H15Cl2N/c1-10-13(6-3-7-14(10)17)15(18)9-11-4-2-5-12(16)8-11/h2-8,15H,9,18H2,1H3. The van der Waals surface area contributed by atoms with Crippen LogP contribution in [-0.4, -0.2) is 0 Å². The predicted molar refractivity (Wildman–Crippen MR) is 78.3 cm³/mol. The molecule has 0 fully saturated rings. The van der Waals surface area contributed by atoms with Crippen LogP contribution in [0.25, 0.3) is 0 Å². The van der Waals surface area contributed by atoms with E-state index in [1.165, 1.54) is 0 Å². The van der Waals surface area contributed by atoms with Crippen LogP contribution in [0.1, 0.15) is 22.7 Å². The molecule has 0 heterocycles. The number of hydrogen-bond acceptors (Lipinski definition) is 1. The Morgan fingerprint density at radius 3 is 2.56 bits per heavy atom. The third kappa shape index (κ3) is 3.05. The maximum Gasteiger partial charge on any atom is 0.0438 e. The zero-order valence-corrected chi connectivity index (χ0v) is 11.7. The molecule has 1 nitrogen and oxygen atoms in total. The van der Waals surface area contributed by atoms with Crippen LogP contribution >= 0.6 is 23.2 Å². The summed E-state index contributed by atoms with van der Waals surface area (Å²) in [7, 11) is 0. The Labute approximate surface area is 118 Å². The van der Waals surface area contributed by atoms with Gasteiger partial charge in [0.1, 0.15) is 0 Å². The highest BCUT2D eigenvalue weighted by Crippen LogP contribution is 2.25. The van der Waals surface area contributed by atoms with Crippen molar-refractivity contribution in [3.8, 4) is 0 Å². The minimum absolute atomic E-state index is 0.0674. The minimum atomic E-state index is -0.0674. The molecule has 0 spiro atoms. The molecule has 0 amide bonds. The summed E-state index contributed by atoms with van der Waals surface area (Å²) in [6.45, 7) is 2.00. The quantitative estimate of drug-likeness (QED) is 0.877. The molecule has 94 valence electrons. The summed E-state index contributed by atoms with van der Waals surface area (Å²) in [5.74, 6) is 0. The molecule has 0 radical (unpaired) electrons. The fraction of sp³-hybridized carbons (Fsp3) is 0.200. The molecule has 0 saturated heterocycles. The summed E-state index contributed by atoms with van der Waals surface area (Å²) in [6.07, 6.45) is 0.752. The maximum absolute atomic E-state index is 6.25. The van der Waals surface area contributed by atoms with Crippen LogP contribution in [0.2, 0.25) is 10.0 Å². The molecule has 2 aromatic rings. The Hall–Kier alpha value is -1.02. The van der Waals surface area contributed by atoms with E-state index >= 15 is 0 Å². The zero-order chi connectivity index (χ0) is 13.1. The lowest BCUT2D eigenvalue weighted by molar-refractivity contribution is 0.717. The van der Waals surface area contributed by atoms with Gasteiger partial charge in [0.2, 0.25) is 0 Å². The van der Waals surface area contributed by atoms with Crippen LogP contribution in [0.5, 0.6) is 0 Å². The molecule has 0 aliphatic carbocycles. The first-order chi connectivity index (χ1) is 8.58. The second-order valence-corrected chi connectivity index (χ2v) is 5.24. The number of halogens is 2. The van der Waals surface area contributed by atoms with Crippen LogP contribution in [0, 0.1) is 6.92 Å². The lowest BCUT2D eigenvalue weighted by atomic mass is 9.96. The van der Waals surface area contributed by atoms with Crippen LogP contribution in [0.3, 0.4) is 0 Å². The van der Waals surface area contributed by atoms with Crippen molar-refractivity contribution in [2.75, 3.05) is 0 Å². The van der Waals surface area contributed by atoms with Crippen LogP contribution in [0.4, 0.5) is 0 Å². The molecule has 2 aromatic carbocycles. The third-order valence-electron chi connectivity index (χ3n) is 3.05. The summed E-state index contributed by atoms with van der Waals surface area (Å²) in [4.78, 5) is 0. The Morgan fingerprint density at radius 1 is 1.11 bits per heavy atom. The average molecular weight is 280 g/mol. The van der Waals surface area contributed by atoms with E-state index in [0.29, 0.717) is 0 Å². The van der Waals surface area contributed by atoms with Gasteiger partial charge in [-0.25, -0.2) is 0 Å². The molecule has 0 aliphatic rings. The van der Waals surface area contributed by atoms with E-state index in [1.807, 2.05) is 49.4 Å².